The summed E-state index contributed by atoms with van der Waals surface area (Å²) in [4.78, 5) is 42.8. The molecule has 0 bridgehead atoms. The quantitative estimate of drug-likeness (QED) is 0.177. The maximum atomic E-state index is 13.8. The molecule has 40 heavy (non-hydrogen) atoms. The standard InChI is InChI=1S/C28H22ClN3O7S/c1-4-38-27(34)24-15(2)30-28-31(25(24)16-6-5-7-18(12-16)37-3)26(33)23(40-28)14-19-9-11-22(39-19)20-10-8-17(29)13-21(20)32(35)36/h5-14,25H,4H2,1-3H3/b23-14+/t25-/m1/s1. The monoisotopic (exact) mass is 579 g/mol. The molecule has 0 amide bonds. The maximum absolute atomic E-state index is 13.8. The van der Waals surface area contributed by atoms with Crippen LogP contribution in [0.1, 0.15) is 31.2 Å². The Morgan fingerprint density at radius 2 is 2.05 bits per heavy atom. The summed E-state index contributed by atoms with van der Waals surface area (Å²) in [5.41, 5.74) is 1.01. The van der Waals surface area contributed by atoms with E-state index in [4.69, 9.17) is 25.5 Å². The number of furan rings is 1. The van der Waals surface area contributed by atoms with E-state index in [0.29, 0.717) is 32.1 Å². The van der Waals surface area contributed by atoms with Crippen molar-refractivity contribution < 1.29 is 23.6 Å². The third-order valence-electron chi connectivity index (χ3n) is 6.25. The van der Waals surface area contributed by atoms with Gasteiger partial charge < -0.3 is 13.9 Å². The number of nitro benzene ring substituents is 1. The Hall–Kier alpha value is -4.48. The second kappa shape index (κ2) is 10.9. The van der Waals surface area contributed by atoms with E-state index in [-0.39, 0.29) is 39.8 Å². The summed E-state index contributed by atoms with van der Waals surface area (Å²) in [6.45, 7) is 3.58. The highest BCUT2D eigenvalue weighted by Gasteiger charge is 2.33. The second-order valence-electron chi connectivity index (χ2n) is 8.70. The molecule has 5 rings (SSSR count). The summed E-state index contributed by atoms with van der Waals surface area (Å²) in [7, 11) is 1.54. The van der Waals surface area contributed by atoms with Crippen molar-refractivity contribution in [1.82, 2.24) is 4.57 Å². The van der Waals surface area contributed by atoms with Gasteiger partial charge in [0.25, 0.3) is 11.2 Å². The van der Waals surface area contributed by atoms with Crippen LogP contribution in [0.3, 0.4) is 0 Å². The Labute approximate surface area is 236 Å². The summed E-state index contributed by atoms with van der Waals surface area (Å²) in [6, 6.07) is 13.8. The number of halogens is 1. The number of hydrogen-bond donors (Lipinski definition) is 0. The van der Waals surface area contributed by atoms with E-state index in [1.807, 2.05) is 0 Å². The number of hydrogen-bond acceptors (Lipinski definition) is 9. The fourth-order valence-corrected chi connectivity index (χ4v) is 5.68. The molecule has 3 heterocycles. The summed E-state index contributed by atoms with van der Waals surface area (Å²) in [5, 5.41) is 11.8. The zero-order valence-corrected chi connectivity index (χ0v) is 23.1. The molecule has 0 saturated heterocycles. The lowest BCUT2D eigenvalue weighted by Gasteiger charge is -2.24. The highest BCUT2D eigenvalue weighted by molar-refractivity contribution is 7.07. The first-order chi connectivity index (χ1) is 19.2. The van der Waals surface area contributed by atoms with Gasteiger partial charge in [0.2, 0.25) is 0 Å². The van der Waals surface area contributed by atoms with Crippen LogP contribution in [0.4, 0.5) is 5.69 Å². The Balaban J connectivity index is 1.64. The molecule has 4 aromatic rings. The molecule has 204 valence electrons. The molecule has 0 radical (unpaired) electrons. The van der Waals surface area contributed by atoms with E-state index in [1.165, 1.54) is 29.9 Å². The van der Waals surface area contributed by atoms with Crippen LogP contribution in [0.2, 0.25) is 5.02 Å². The summed E-state index contributed by atoms with van der Waals surface area (Å²) >= 11 is 7.07. The number of carbonyl (C=O) groups excluding carboxylic acids is 1. The molecule has 1 atom stereocenters. The highest BCUT2D eigenvalue weighted by atomic mass is 35.5. The number of thiazole rings is 1. The van der Waals surface area contributed by atoms with Crippen molar-refractivity contribution in [2.75, 3.05) is 13.7 Å². The maximum Gasteiger partial charge on any atom is 0.338 e. The first-order valence-corrected chi connectivity index (χ1v) is 13.3. The number of aromatic nitrogens is 1. The SMILES string of the molecule is CCOC(=O)C1=C(C)N=c2s/c(=C/c3ccc(-c4ccc(Cl)cc4[N+](=O)[O-])o3)c(=O)n2[C@@H]1c1cccc(OC)c1. The van der Waals surface area contributed by atoms with Crippen LogP contribution in [-0.2, 0) is 9.53 Å². The molecular weight excluding hydrogens is 558 g/mol. The predicted molar refractivity (Wildman–Crippen MR) is 149 cm³/mol. The minimum absolute atomic E-state index is 0.164. The number of nitro groups is 1. The van der Waals surface area contributed by atoms with E-state index >= 15 is 0 Å². The Bertz CT molecular complexity index is 1870. The number of allylic oxidation sites excluding steroid dienone is 1. The average Bonchev–Trinajstić information content (AvgIpc) is 3.52. The number of nitrogens with zero attached hydrogens (tertiary/aromatic N) is 3. The van der Waals surface area contributed by atoms with Crippen LogP contribution >= 0.6 is 22.9 Å². The van der Waals surface area contributed by atoms with Gasteiger partial charge in [0.15, 0.2) is 4.80 Å². The topological polar surface area (TPSA) is 126 Å². The van der Waals surface area contributed by atoms with Crippen molar-refractivity contribution in [1.29, 1.82) is 0 Å². The number of benzene rings is 2. The molecule has 2 aromatic carbocycles. The molecule has 1 aliphatic rings. The van der Waals surface area contributed by atoms with Crippen molar-refractivity contribution in [3.05, 3.63) is 112 Å². The normalized spacial score (nSPS) is 15.0. The Kier molecular flexibility index (Phi) is 7.42. The first kappa shape index (κ1) is 27.1. The third-order valence-corrected chi connectivity index (χ3v) is 7.47. The van der Waals surface area contributed by atoms with Crippen LogP contribution in [0.5, 0.6) is 5.75 Å². The van der Waals surface area contributed by atoms with Crippen LogP contribution in [-0.4, -0.2) is 29.2 Å². The zero-order valence-electron chi connectivity index (χ0n) is 21.5. The second-order valence-corrected chi connectivity index (χ2v) is 10.1. The minimum atomic E-state index is -0.795. The molecule has 0 unspecified atom stereocenters. The molecule has 2 aromatic heterocycles. The minimum Gasteiger partial charge on any atom is -0.497 e. The largest absolute Gasteiger partial charge is 0.497 e. The molecule has 0 saturated carbocycles. The Morgan fingerprint density at radius 3 is 2.77 bits per heavy atom. The highest BCUT2D eigenvalue weighted by Crippen LogP contribution is 2.34. The van der Waals surface area contributed by atoms with Crippen molar-refractivity contribution in [2.24, 2.45) is 4.99 Å². The number of rotatable bonds is 7. The molecular formula is C28H22ClN3O7S. The van der Waals surface area contributed by atoms with Crippen molar-refractivity contribution in [2.45, 2.75) is 19.9 Å². The van der Waals surface area contributed by atoms with E-state index in [1.54, 1.807) is 56.3 Å². The predicted octanol–water partition coefficient (Wildman–Crippen LogP) is 4.63. The van der Waals surface area contributed by atoms with Gasteiger partial charge in [-0.25, -0.2) is 9.79 Å². The van der Waals surface area contributed by atoms with Crippen molar-refractivity contribution >= 4 is 40.7 Å². The summed E-state index contributed by atoms with van der Waals surface area (Å²) < 4.78 is 18.3. The zero-order chi connectivity index (χ0) is 28.6. The smallest absolute Gasteiger partial charge is 0.338 e. The Morgan fingerprint density at radius 1 is 1.25 bits per heavy atom. The van der Waals surface area contributed by atoms with Crippen molar-refractivity contribution in [3.8, 4) is 17.1 Å². The number of esters is 1. The fraction of sp³-hybridized carbons (Fsp3) is 0.179. The van der Waals surface area contributed by atoms with E-state index in [9.17, 15) is 19.7 Å². The van der Waals surface area contributed by atoms with Crippen LogP contribution < -0.4 is 19.6 Å². The molecule has 0 N–H and O–H groups in total. The molecule has 0 spiro atoms. The van der Waals surface area contributed by atoms with E-state index < -0.39 is 16.9 Å². The van der Waals surface area contributed by atoms with E-state index in [2.05, 4.69) is 4.99 Å². The molecule has 10 nitrogen and oxygen atoms in total. The first-order valence-electron chi connectivity index (χ1n) is 12.1. The van der Waals surface area contributed by atoms with Crippen molar-refractivity contribution in [3.63, 3.8) is 0 Å². The van der Waals surface area contributed by atoms with E-state index in [0.717, 1.165) is 11.3 Å². The van der Waals surface area contributed by atoms with Gasteiger partial charge in [-0.2, -0.15) is 0 Å². The van der Waals surface area contributed by atoms with Gasteiger partial charge in [0, 0.05) is 17.2 Å². The summed E-state index contributed by atoms with van der Waals surface area (Å²) in [5.74, 6) is 0.559. The lowest BCUT2D eigenvalue weighted by atomic mass is 9.95. The fourth-order valence-electron chi connectivity index (χ4n) is 4.49. The number of methoxy groups -OCH3 is 1. The van der Waals surface area contributed by atoms with Crippen LogP contribution in [0.25, 0.3) is 17.4 Å². The van der Waals surface area contributed by atoms with Gasteiger partial charge in [-0.3, -0.25) is 19.5 Å². The molecule has 1 aliphatic heterocycles. The van der Waals surface area contributed by atoms with Gasteiger partial charge in [-0.1, -0.05) is 35.1 Å². The molecule has 0 fully saturated rings. The lowest BCUT2D eigenvalue weighted by Crippen LogP contribution is -2.39. The number of carbonyl (C=O) groups is 1. The number of fused-ring (bicyclic) bond motifs is 1. The van der Waals surface area contributed by atoms with Crippen LogP contribution in [0.15, 0.2) is 80.1 Å². The van der Waals surface area contributed by atoms with Gasteiger partial charge in [-0.05, 0) is 55.8 Å². The molecule has 0 aliphatic carbocycles. The lowest BCUT2D eigenvalue weighted by molar-refractivity contribution is -0.384. The number of ether oxygens (including phenoxy) is 2. The van der Waals surface area contributed by atoms with Gasteiger partial charge in [-0.15, -0.1) is 0 Å². The van der Waals surface area contributed by atoms with Gasteiger partial charge >= 0.3 is 5.97 Å². The van der Waals surface area contributed by atoms with Gasteiger partial charge in [0.1, 0.15) is 17.3 Å². The average molecular weight is 580 g/mol. The van der Waals surface area contributed by atoms with Gasteiger partial charge in [0.05, 0.1) is 46.0 Å². The third kappa shape index (κ3) is 4.96. The molecule has 12 heteroatoms. The van der Waals surface area contributed by atoms with Crippen LogP contribution in [0, 0.1) is 10.1 Å². The summed E-state index contributed by atoms with van der Waals surface area (Å²) in [6.07, 6.45) is 1.54.